The Hall–Kier alpha value is -0.950. The molecule has 0 aliphatic carbocycles. The number of nitrogens with zero attached hydrogens (tertiary/aromatic N) is 3. The van der Waals surface area contributed by atoms with E-state index in [4.69, 9.17) is 16.3 Å². The quantitative estimate of drug-likeness (QED) is 0.876. The van der Waals surface area contributed by atoms with Gasteiger partial charge in [-0.2, -0.15) is 0 Å². The van der Waals surface area contributed by atoms with Crippen molar-refractivity contribution in [3.63, 3.8) is 0 Å². The highest BCUT2D eigenvalue weighted by Gasteiger charge is 2.11. The molecule has 1 fully saturated rings. The summed E-state index contributed by atoms with van der Waals surface area (Å²) >= 11 is 7.50. The van der Waals surface area contributed by atoms with E-state index in [2.05, 4.69) is 20.2 Å². The molecule has 102 valence electrons. The second-order valence-corrected chi connectivity index (χ2v) is 5.59. The molecule has 1 aliphatic heterocycles. The number of nitrogens with one attached hydrogen (secondary N) is 1. The van der Waals surface area contributed by atoms with Gasteiger partial charge in [-0.05, 0) is 23.0 Å². The zero-order chi connectivity index (χ0) is 13.1. The van der Waals surface area contributed by atoms with E-state index in [0.717, 1.165) is 55.4 Å². The fourth-order valence-corrected chi connectivity index (χ4v) is 3.10. The van der Waals surface area contributed by atoms with Crippen LogP contribution in [0.1, 0.15) is 0 Å². The number of anilines is 1. The van der Waals surface area contributed by atoms with Crippen molar-refractivity contribution in [1.82, 2.24) is 14.9 Å². The molecule has 0 unspecified atom stereocenters. The van der Waals surface area contributed by atoms with Crippen molar-refractivity contribution >= 4 is 39.0 Å². The Labute approximate surface area is 120 Å². The Bertz CT molecular complexity index is 556. The van der Waals surface area contributed by atoms with Crippen molar-refractivity contribution in [2.45, 2.75) is 0 Å². The molecule has 0 aromatic carbocycles. The molecule has 0 spiro atoms. The fraction of sp³-hybridized carbons (Fsp3) is 0.500. The van der Waals surface area contributed by atoms with Crippen LogP contribution in [0.25, 0.3) is 10.2 Å². The summed E-state index contributed by atoms with van der Waals surface area (Å²) in [5.74, 6) is 0.824. The third-order valence-electron chi connectivity index (χ3n) is 3.12. The molecule has 5 nitrogen and oxygen atoms in total. The van der Waals surface area contributed by atoms with Gasteiger partial charge < -0.3 is 10.1 Å². The largest absolute Gasteiger partial charge is 0.379 e. The van der Waals surface area contributed by atoms with Gasteiger partial charge in [-0.1, -0.05) is 0 Å². The number of hydrogen-bond donors (Lipinski definition) is 1. The van der Waals surface area contributed by atoms with Gasteiger partial charge in [0.15, 0.2) is 0 Å². The fourth-order valence-electron chi connectivity index (χ4n) is 2.12. The van der Waals surface area contributed by atoms with Crippen molar-refractivity contribution in [3.05, 3.63) is 16.7 Å². The molecule has 1 N–H and O–H groups in total. The van der Waals surface area contributed by atoms with Crippen LogP contribution in [0.3, 0.4) is 0 Å². The first kappa shape index (κ1) is 13.1. The lowest BCUT2D eigenvalue weighted by molar-refractivity contribution is 0.0398. The zero-order valence-corrected chi connectivity index (χ0v) is 12.0. The van der Waals surface area contributed by atoms with E-state index in [0.29, 0.717) is 5.28 Å². The van der Waals surface area contributed by atoms with Crippen LogP contribution in [-0.2, 0) is 4.74 Å². The Morgan fingerprint density at radius 2 is 2.21 bits per heavy atom. The molecule has 7 heteroatoms. The maximum Gasteiger partial charge on any atom is 0.225 e. The summed E-state index contributed by atoms with van der Waals surface area (Å²) in [5.41, 5.74) is 0. The molecule has 19 heavy (non-hydrogen) atoms. The van der Waals surface area contributed by atoms with Gasteiger partial charge in [0.1, 0.15) is 10.6 Å². The predicted octanol–water partition coefficient (Wildman–Crippen LogP) is 2.09. The van der Waals surface area contributed by atoms with E-state index in [1.54, 1.807) is 11.3 Å². The van der Waals surface area contributed by atoms with Crippen molar-refractivity contribution in [1.29, 1.82) is 0 Å². The number of aromatic nitrogens is 2. The summed E-state index contributed by atoms with van der Waals surface area (Å²) in [6.45, 7) is 5.48. The van der Waals surface area contributed by atoms with E-state index in [1.807, 2.05) is 11.4 Å². The van der Waals surface area contributed by atoms with Crippen LogP contribution in [0, 0.1) is 0 Å². The van der Waals surface area contributed by atoms with Crippen LogP contribution in [0.4, 0.5) is 5.82 Å². The minimum Gasteiger partial charge on any atom is -0.379 e. The van der Waals surface area contributed by atoms with E-state index in [-0.39, 0.29) is 0 Å². The third-order valence-corrected chi connectivity index (χ3v) is 4.10. The van der Waals surface area contributed by atoms with Crippen LogP contribution in [0.2, 0.25) is 5.28 Å². The lowest BCUT2D eigenvalue weighted by atomic mass is 10.3. The van der Waals surface area contributed by atoms with Gasteiger partial charge >= 0.3 is 0 Å². The van der Waals surface area contributed by atoms with Crippen LogP contribution >= 0.6 is 22.9 Å². The second-order valence-electron chi connectivity index (χ2n) is 4.36. The Morgan fingerprint density at radius 1 is 1.37 bits per heavy atom. The minimum absolute atomic E-state index is 0.295. The summed E-state index contributed by atoms with van der Waals surface area (Å²) in [7, 11) is 0. The molecule has 0 atom stereocenters. The lowest BCUT2D eigenvalue weighted by Crippen LogP contribution is -2.39. The van der Waals surface area contributed by atoms with Gasteiger partial charge in [-0.25, -0.2) is 9.97 Å². The number of thiophene rings is 1. The first-order valence-corrected chi connectivity index (χ1v) is 7.53. The standard InChI is InChI=1S/C12H15ClN4OS/c13-12-15-10(9-1-8-19-11(9)16-12)14-2-3-17-4-6-18-7-5-17/h1,8H,2-7H2,(H,14,15,16). The van der Waals surface area contributed by atoms with Gasteiger partial charge in [0.2, 0.25) is 5.28 Å². The molecule has 1 saturated heterocycles. The van der Waals surface area contributed by atoms with Gasteiger partial charge in [-0.15, -0.1) is 11.3 Å². The van der Waals surface area contributed by atoms with Crippen molar-refractivity contribution in [2.24, 2.45) is 0 Å². The van der Waals surface area contributed by atoms with Gasteiger partial charge in [0.25, 0.3) is 0 Å². The number of ether oxygens (including phenoxy) is 1. The predicted molar refractivity (Wildman–Crippen MR) is 78.2 cm³/mol. The minimum atomic E-state index is 0.295. The summed E-state index contributed by atoms with van der Waals surface area (Å²) < 4.78 is 5.33. The van der Waals surface area contributed by atoms with Crippen LogP contribution in [0.5, 0.6) is 0 Å². The smallest absolute Gasteiger partial charge is 0.225 e. The highest BCUT2D eigenvalue weighted by atomic mass is 35.5. The molecule has 0 saturated carbocycles. The zero-order valence-electron chi connectivity index (χ0n) is 10.4. The third kappa shape index (κ3) is 3.14. The van der Waals surface area contributed by atoms with E-state index in [1.165, 1.54) is 0 Å². The molecule has 3 rings (SSSR count). The highest BCUT2D eigenvalue weighted by Crippen LogP contribution is 2.26. The average Bonchev–Trinajstić information content (AvgIpc) is 2.88. The summed E-state index contributed by atoms with van der Waals surface area (Å²) in [6, 6.07) is 2.02. The molecule has 2 aromatic rings. The van der Waals surface area contributed by atoms with Crippen molar-refractivity contribution in [3.8, 4) is 0 Å². The average molecular weight is 299 g/mol. The molecule has 2 aromatic heterocycles. The van der Waals surface area contributed by atoms with Crippen LogP contribution < -0.4 is 5.32 Å². The Morgan fingerprint density at radius 3 is 3.05 bits per heavy atom. The lowest BCUT2D eigenvalue weighted by Gasteiger charge is -2.26. The number of morpholine rings is 1. The molecule has 0 bridgehead atoms. The highest BCUT2D eigenvalue weighted by molar-refractivity contribution is 7.16. The first-order valence-electron chi connectivity index (χ1n) is 6.27. The van der Waals surface area contributed by atoms with Gasteiger partial charge in [0.05, 0.1) is 18.6 Å². The van der Waals surface area contributed by atoms with E-state index >= 15 is 0 Å². The SMILES string of the molecule is Clc1nc(NCCN2CCOCC2)c2ccsc2n1. The van der Waals surface area contributed by atoms with E-state index in [9.17, 15) is 0 Å². The number of hydrogen-bond acceptors (Lipinski definition) is 6. The van der Waals surface area contributed by atoms with Crippen molar-refractivity contribution in [2.75, 3.05) is 44.7 Å². The molecule has 3 heterocycles. The molecule has 0 amide bonds. The molecule has 1 aliphatic rings. The number of fused-ring (bicyclic) bond motifs is 1. The van der Waals surface area contributed by atoms with Crippen molar-refractivity contribution < 1.29 is 4.74 Å². The van der Waals surface area contributed by atoms with Crippen LogP contribution in [-0.4, -0.2) is 54.3 Å². The summed E-state index contributed by atoms with van der Waals surface area (Å²) in [5, 5.41) is 6.69. The number of halogens is 1. The first-order chi connectivity index (χ1) is 9.33. The Kier molecular flexibility index (Phi) is 4.12. The Balaban J connectivity index is 1.63. The topological polar surface area (TPSA) is 50.3 Å². The van der Waals surface area contributed by atoms with E-state index < -0.39 is 0 Å². The maximum absolute atomic E-state index is 5.93. The summed E-state index contributed by atoms with van der Waals surface area (Å²) in [6.07, 6.45) is 0. The van der Waals surface area contributed by atoms with Gasteiger partial charge in [-0.3, -0.25) is 4.90 Å². The van der Waals surface area contributed by atoms with Crippen LogP contribution in [0.15, 0.2) is 11.4 Å². The monoisotopic (exact) mass is 298 g/mol. The number of rotatable bonds is 4. The molecular weight excluding hydrogens is 284 g/mol. The normalized spacial score (nSPS) is 16.9. The second kappa shape index (κ2) is 6.00. The molecule has 0 radical (unpaired) electrons. The molecular formula is C12H15ClN4OS. The van der Waals surface area contributed by atoms with Gasteiger partial charge in [0, 0.05) is 26.2 Å². The maximum atomic E-state index is 5.93. The summed E-state index contributed by atoms with van der Waals surface area (Å²) in [4.78, 5) is 11.8.